The van der Waals surface area contributed by atoms with Gasteiger partial charge in [-0.05, 0) is 26.7 Å². The van der Waals surface area contributed by atoms with Gasteiger partial charge in [0.1, 0.15) is 17.6 Å². The Bertz CT molecular complexity index is 361. The molecule has 0 fully saturated rings. The van der Waals surface area contributed by atoms with E-state index >= 15 is 0 Å². The second-order valence-electron chi connectivity index (χ2n) is 4.05. The second kappa shape index (κ2) is 8.24. The topological polar surface area (TPSA) is 67.3 Å². The zero-order valence-electron chi connectivity index (χ0n) is 10.8. The van der Waals surface area contributed by atoms with Gasteiger partial charge in [-0.15, -0.1) is 0 Å². The van der Waals surface area contributed by atoms with Gasteiger partial charge >= 0.3 is 0 Å². The van der Waals surface area contributed by atoms with Crippen molar-refractivity contribution in [1.29, 1.82) is 0 Å². The summed E-state index contributed by atoms with van der Waals surface area (Å²) in [4.78, 5) is 8.37. The molecule has 0 saturated carbocycles. The molecule has 0 saturated heterocycles. The van der Waals surface area contributed by atoms with Gasteiger partial charge in [-0.2, -0.15) is 0 Å². The summed E-state index contributed by atoms with van der Waals surface area (Å²) in [7, 11) is 0. The molecule has 0 aliphatic heterocycles. The minimum atomic E-state index is -0.269. The maximum absolute atomic E-state index is 9.14. The molecule has 0 aliphatic rings. The van der Waals surface area contributed by atoms with Gasteiger partial charge in [-0.25, -0.2) is 9.97 Å². The molecule has 1 aromatic heterocycles. The number of aromatic nitrogens is 2. The maximum Gasteiger partial charge on any atom is 0.158 e. The van der Waals surface area contributed by atoms with Crippen LogP contribution in [0.3, 0.4) is 0 Å². The first kappa shape index (κ1) is 15.1. The van der Waals surface area contributed by atoms with E-state index in [4.69, 9.17) is 21.4 Å². The Hall–Kier alpha value is -0.910. The van der Waals surface area contributed by atoms with Crippen molar-refractivity contribution >= 4 is 17.4 Å². The number of aliphatic hydroxyl groups excluding tert-OH is 1. The Kier molecular flexibility index (Phi) is 6.93. The van der Waals surface area contributed by atoms with Crippen molar-refractivity contribution < 1.29 is 9.84 Å². The molecule has 1 heterocycles. The van der Waals surface area contributed by atoms with Crippen LogP contribution in [0.5, 0.6) is 0 Å². The van der Waals surface area contributed by atoms with Gasteiger partial charge in [-0.1, -0.05) is 11.6 Å². The highest BCUT2D eigenvalue weighted by Crippen LogP contribution is 2.12. The summed E-state index contributed by atoms with van der Waals surface area (Å²) in [6, 6.07) is 1.68. The fourth-order valence-corrected chi connectivity index (χ4v) is 1.63. The minimum Gasteiger partial charge on any atom is -0.393 e. The maximum atomic E-state index is 9.14. The molecule has 1 rings (SSSR count). The quantitative estimate of drug-likeness (QED) is 0.562. The second-order valence-corrected chi connectivity index (χ2v) is 4.43. The van der Waals surface area contributed by atoms with Crippen LogP contribution in [0, 0.1) is 0 Å². The van der Waals surface area contributed by atoms with Crippen molar-refractivity contribution in [2.75, 3.05) is 18.5 Å². The lowest BCUT2D eigenvalue weighted by atomic mass is 10.2. The SMILES string of the molecule is CCOCc1nc(Cl)cc(NCCCC(C)O)n1. The number of rotatable bonds is 8. The number of ether oxygens (including phenoxy) is 1. The van der Waals surface area contributed by atoms with Gasteiger partial charge in [-0.3, -0.25) is 0 Å². The van der Waals surface area contributed by atoms with Gasteiger partial charge < -0.3 is 15.2 Å². The predicted octanol–water partition coefficient (Wildman–Crippen LogP) is 2.24. The fourth-order valence-electron chi connectivity index (χ4n) is 1.43. The van der Waals surface area contributed by atoms with Crippen LogP contribution in [-0.4, -0.2) is 34.3 Å². The van der Waals surface area contributed by atoms with Crippen LogP contribution in [0.4, 0.5) is 5.82 Å². The van der Waals surface area contributed by atoms with Crippen LogP contribution in [-0.2, 0) is 11.3 Å². The van der Waals surface area contributed by atoms with Crippen molar-refractivity contribution in [3.05, 3.63) is 17.0 Å². The zero-order chi connectivity index (χ0) is 13.4. The summed E-state index contributed by atoms with van der Waals surface area (Å²) in [6.45, 7) is 5.42. The number of nitrogens with zero attached hydrogens (tertiary/aromatic N) is 2. The summed E-state index contributed by atoms with van der Waals surface area (Å²) >= 11 is 5.91. The van der Waals surface area contributed by atoms with Crippen molar-refractivity contribution in [3.63, 3.8) is 0 Å². The van der Waals surface area contributed by atoms with Gasteiger partial charge in [0.2, 0.25) is 0 Å². The van der Waals surface area contributed by atoms with Crippen molar-refractivity contribution in [2.45, 2.75) is 39.4 Å². The molecule has 6 heteroatoms. The van der Waals surface area contributed by atoms with Gasteiger partial charge in [0.25, 0.3) is 0 Å². The number of hydrogen-bond acceptors (Lipinski definition) is 5. The number of aliphatic hydroxyl groups is 1. The van der Waals surface area contributed by atoms with Crippen LogP contribution in [0.25, 0.3) is 0 Å². The Morgan fingerprint density at radius 1 is 1.50 bits per heavy atom. The van der Waals surface area contributed by atoms with E-state index in [1.165, 1.54) is 0 Å². The smallest absolute Gasteiger partial charge is 0.158 e. The number of halogens is 1. The Morgan fingerprint density at radius 2 is 2.28 bits per heavy atom. The summed E-state index contributed by atoms with van der Waals surface area (Å²) in [5.41, 5.74) is 0. The number of hydrogen-bond donors (Lipinski definition) is 2. The lowest BCUT2D eigenvalue weighted by Gasteiger charge is -2.08. The van der Waals surface area contributed by atoms with Crippen molar-refractivity contribution in [1.82, 2.24) is 9.97 Å². The average molecular weight is 274 g/mol. The van der Waals surface area contributed by atoms with Crippen LogP contribution in [0.2, 0.25) is 5.15 Å². The number of anilines is 1. The standard InChI is InChI=1S/C12H20ClN3O2/c1-3-18-8-12-15-10(13)7-11(16-12)14-6-4-5-9(2)17/h7,9,17H,3-6,8H2,1-2H3,(H,14,15,16). The molecule has 18 heavy (non-hydrogen) atoms. The molecular formula is C12H20ClN3O2. The molecule has 2 N–H and O–H groups in total. The van der Waals surface area contributed by atoms with Gasteiger partial charge in [0.05, 0.1) is 6.10 Å². The Morgan fingerprint density at radius 3 is 2.94 bits per heavy atom. The van der Waals surface area contributed by atoms with E-state index in [-0.39, 0.29) is 6.10 Å². The Balaban J connectivity index is 2.46. The molecule has 0 aromatic carbocycles. The largest absolute Gasteiger partial charge is 0.393 e. The monoisotopic (exact) mass is 273 g/mol. The van der Waals surface area contributed by atoms with Crippen molar-refractivity contribution in [2.24, 2.45) is 0 Å². The van der Waals surface area contributed by atoms with Crippen LogP contribution in [0.1, 0.15) is 32.5 Å². The molecule has 1 unspecified atom stereocenters. The third kappa shape index (κ3) is 6.14. The highest BCUT2D eigenvalue weighted by atomic mass is 35.5. The lowest BCUT2D eigenvalue weighted by molar-refractivity contribution is 0.128. The zero-order valence-corrected chi connectivity index (χ0v) is 11.6. The van der Waals surface area contributed by atoms with E-state index < -0.39 is 0 Å². The molecule has 1 atom stereocenters. The average Bonchev–Trinajstić information content (AvgIpc) is 2.31. The normalized spacial score (nSPS) is 12.4. The third-order valence-corrected chi connectivity index (χ3v) is 2.47. The molecule has 0 amide bonds. The van der Waals surface area contributed by atoms with E-state index in [2.05, 4.69) is 15.3 Å². The van der Waals surface area contributed by atoms with Crippen molar-refractivity contribution in [3.8, 4) is 0 Å². The fraction of sp³-hybridized carbons (Fsp3) is 0.667. The third-order valence-electron chi connectivity index (χ3n) is 2.28. The minimum absolute atomic E-state index is 0.269. The van der Waals surface area contributed by atoms with Crippen LogP contribution in [0.15, 0.2) is 6.07 Å². The van der Waals surface area contributed by atoms with Crippen LogP contribution < -0.4 is 5.32 Å². The first-order valence-electron chi connectivity index (χ1n) is 6.15. The molecule has 0 spiro atoms. The van der Waals surface area contributed by atoms with Gasteiger partial charge in [0, 0.05) is 19.2 Å². The number of nitrogens with one attached hydrogen (secondary N) is 1. The van der Waals surface area contributed by atoms with E-state index in [1.807, 2.05) is 6.92 Å². The first-order chi connectivity index (χ1) is 8.61. The summed E-state index contributed by atoms with van der Waals surface area (Å²) in [5, 5.41) is 12.7. The Labute approximate surface area is 113 Å². The lowest BCUT2D eigenvalue weighted by Crippen LogP contribution is -2.09. The highest BCUT2D eigenvalue weighted by Gasteiger charge is 2.03. The first-order valence-corrected chi connectivity index (χ1v) is 6.52. The van der Waals surface area contributed by atoms with Crippen LogP contribution >= 0.6 is 11.6 Å². The summed E-state index contributed by atoms with van der Waals surface area (Å²) in [6.07, 6.45) is 1.37. The molecule has 1 aromatic rings. The van der Waals surface area contributed by atoms with E-state index in [1.54, 1.807) is 13.0 Å². The highest BCUT2D eigenvalue weighted by molar-refractivity contribution is 6.29. The summed E-state index contributed by atoms with van der Waals surface area (Å²) in [5.74, 6) is 1.26. The van der Waals surface area contributed by atoms with E-state index in [0.717, 1.165) is 19.4 Å². The van der Waals surface area contributed by atoms with E-state index in [9.17, 15) is 0 Å². The molecule has 5 nitrogen and oxygen atoms in total. The van der Waals surface area contributed by atoms with E-state index in [0.29, 0.717) is 30.0 Å². The molecule has 0 bridgehead atoms. The molecular weight excluding hydrogens is 254 g/mol. The predicted molar refractivity (Wildman–Crippen MR) is 71.8 cm³/mol. The summed E-state index contributed by atoms with van der Waals surface area (Å²) < 4.78 is 5.24. The molecule has 0 radical (unpaired) electrons. The molecule has 0 aliphatic carbocycles. The van der Waals surface area contributed by atoms with Gasteiger partial charge in [0.15, 0.2) is 5.82 Å². The molecule has 102 valence electrons.